The average Bonchev–Trinajstić information content (AvgIpc) is 2.78. The number of aromatic nitrogens is 2. The minimum Gasteiger partial charge on any atom is -0.479 e. The van der Waals surface area contributed by atoms with E-state index in [9.17, 15) is 14.7 Å². The Kier molecular flexibility index (Phi) is 3.21. The Morgan fingerprint density at radius 3 is 2.84 bits per heavy atom. The molecule has 9 nitrogen and oxygen atoms in total. The topological polar surface area (TPSA) is 126 Å². The summed E-state index contributed by atoms with van der Waals surface area (Å²) >= 11 is 0. The Labute approximate surface area is 107 Å². The first-order chi connectivity index (χ1) is 9.04. The number of nitrogens with one attached hydrogen (secondary N) is 1. The van der Waals surface area contributed by atoms with Gasteiger partial charge in [-0.05, 0) is 13.8 Å². The second kappa shape index (κ2) is 4.69. The second-order valence-corrected chi connectivity index (χ2v) is 3.76. The molecule has 0 saturated heterocycles. The summed E-state index contributed by atoms with van der Waals surface area (Å²) in [6, 6.07) is 0. The number of rotatable bonds is 4. The summed E-state index contributed by atoms with van der Waals surface area (Å²) in [7, 11) is 0. The number of fused-ring (bicyclic) bond motifs is 1. The lowest BCUT2D eigenvalue weighted by atomic mass is 9.95. The maximum absolute atomic E-state index is 12.0. The van der Waals surface area contributed by atoms with Gasteiger partial charge >= 0.3 is 17.5 Å². The molecule has 0 spiro atoms. The van der Waals surface area contributed by atoms with Crippen LogP contribution in [0.5, 0.6) is 0 Å². The monoisotopic (exact) mass is 265 g/mol. The van der Waals surface area contributed by atoms with E-state index in [2.05, 4.69) is 30.5 Å². The van der Waals surface area contributed by atoms with Gasteiger partial charge in [0, 0.05) is 6.54 Å². The molecule has 1 aromatic heterocycles. The fraction of sp³-hybridized carbons (Fsp3) is 0.400. The van der Waals surface area contributed by atoms with Crippen LogP contribution in [0.3, 0.4) is 0 Å². The van der Waals surface area contributed by atoms with Crippen LogP contribution in [0.4, 0.5) is 5.69 Å². The lowest BCUT2D eigenvalue weighted by molar-refractivity contribution is -0.166. The molecule has 1 aliphatic rings. The molecule has 0 aliphatic carbocycles. The first-order valence-corrected chi connectivity index (χ1v) is 5.46. The summed E-state index contributed by atoms with van der Waals surface area (Å²) in [6.07, 6.45) is 1.16. The number of carbonyl (C=O) groups is 2. The van der Waals surface area contributed by atoms with E-state index in [0.717, 1.165) is 6.33 Å². The van der Waals surface area contributed by atoms with Crippen molar-refractivity contribution >= 4 is 17.6 Å². The van der Waals surface area contributed by atoms with Crippen LogP contribution in [-0.4, -0.2) is 33.6 Å². The van der Waals surface area contributed by atoms with E-state index in [-0.39, 0.29) is 11.4 Å². The van der Waals surface area contributed by atoms with Crippen molar-refractivity contribution in [3.05, 3.63) is 17.7 Å². The molecule has 2 rings (SSSR count). The van der Waals surface area contributed by atoms with Gasteiger partial charge in [-0.2, -0.15) is 10.6 Å². The van der Waals surface area contributed by atoms with Crippen LogP contribution in [0, 0.1) is 6.92 Å². The summed E-state index contributed by atoms with van der Waals surface area (Å²) in [5.41, 5.74) is 0.549. The number of hydrogen-bond acceptors (Lipinski definition) is 8. The highest BCUT2D eigenvalue weighted by atomic mass is 16.7. The summed E-state index contributed by atoms with van der Waals surface area (Å²) in [4.78, 5) is 35.8. The zero-order valence-corrected chi connectivity index (χ0v) is 10.2. The van der Waals surface area contributed by atoms with Crippen molar-refractivity contribution in [2.24, 2.45) is 10.2 Å². The van der Waals surface area contributed by atoms with Crippen LogP contribution < -0.4 is 5.48 Å². The van der Waals surface area contributed by atoms with Crippen molar-refractivity contribution in [3.8, 4) is 0 Å². The van der Waals surface area contributed by atoms with Gasteiger partial charge in [-0.25, -0.2) is 19.6 Å². The number of carboxylic acids is 1. The molecule has 100 valence electrons. The first-order valence-electron chi connectivity index (χ1n) is 5.46. The molecule has 1 aliphatic heterocycles. The Hall–Kier alpha value is -2.42. The number of nitrogens with zero attached hydrogens (tertiary/aromatic N) is 4. The lowest BCUT2D eigenvalue weighted by Crippen LogP contribution is -2.44. The predicted octanol–water partition coefficient (Wildman–Crippen LogP) is 0.230. The smallest absolute Gasteiger partial charge is 0.372 e. The molecule has 2 heterocycles. The molecule has 0 amide bonds. The number of aliphatic carboxylic acids is 1. The van der Waals surface area contributed by atoms with E-state index < -0.39 is 17.5 Å². The number of carboxylic acid groups (broad SMARTS) is 1. The zero-order chi connectivity index (χ0) is 14.0. The highest BCUT2D eigenvalue weighted by molar-refractivity contribution is 6.06. The van der Waals surface area contributed by atoms with Crippen molar-refractivity contribution in [3.63, 3.8) is 0 Å². The number of carbonyl (C=O) groups excluding carboxylic acids is 1. The van der Waals surface area contributed by atoms with E-state index in [1.807, 2.05) is 0 Å². The van der Waals surface area contributed by atoms with Crippen molar-refractivity contribution < 1.29 is 19.5 Å². The van der Waals surface area contributed by atoms with Crippen molar-refractivity contribution in [1.29, 1.82) is 0 Å². The van der Waals surface area contributed by atoms with E-state index >= 15 is 0 Å². The largest absolute Gasteiger partial charge is 0.479 e. The molecule has 0 fully saturated rings. The Morgan fingerprint density at radius 1 is 1.47 bits per heavy atom. The molecule has 0 saturated carbocycles. The normalized spacial score (nSPS) is 20.1. The van der Waals surface area contributed by atoms with Crippen LogP contribution in [0.25, 0.3) is 0 Å². The fourth-order valence-corrected chi connectivity index (χ4v) is 1.60. The third-order valence-electron chi connectivity index (χ3n) is 2.56. The van der Waals surface area contributed by atoms with Crippen LogP contribution in [-0.2, 0) is 20.0 Å². The fourth-order valence-electron chi connectivity index (χ4n) is 1.60. The van der Waals surface area contributed by atoms with Gasteiger partial charge in [0.2, 0.25) is 0 Å². The predicted molar refractivity (Wildman–Crippen MR) is 60.4 cm³/mol. The standard InChI is InChI=1S/C10H11N5O4/c1-3-13-19-9(18)10(8(16)17)7-6(14-15-10)5(2)11-4-12-7/h4,13H,3H2,1-2H3,(H,16,17). The molecule has 9 heteroatoms. The van der Waals surface area contributed by atoms with Gasteiger partial charge in [-0.15, -0.1) is 5.11 Å². The molecular formula is C10H11N5O4. The van der Waals surface area contributed by atoms with E-state index in [1.165, 1.54) is 0 Å². The van der Waals surface area contributed by atoms with Crippen molar-refractivity contribution in [2.45, 2.75) is 19.4 Å². The molecule has 1 atom stereocenters. The highest BCUT2D eigenvalue weighted by Crippen LogP contribution is 2.41. The highest BCUT2D eigenvalue weighted by Gasteiger charge is 2.57. The number of hydrogen-bond donors (Lipinski definition) is 2. The maximum atomic E-state index is 12.0. The molecule has 1 aromatic rings. The molecular weight excluding hydrogens is 254 g/mol. The summed E-state index contributed by atoms with van der Waals surface area (Å²) in [5, 5.41) is 16.6. The first kappa shape index (κ1) is 13.0. The van der Waals surface area contributed by atoms with Crippen LogP contribution in [0.2, 0.25) is 0 Å². The van der Waals surface area contributed by atoms with Gasteiger partial charge in [-0.1, -0.05) is 0 Å². The van der Waals surface area contributed by atoms with E-state index in [1.54, 1.807) is 13.8 Å². The van der Waals surface area contributed by atoms with Gasteiger partial charge < -0.3 is 9.94 Å². The van der Waals surface area contributed by atoms with Crippen molar-refractivity contribution in [1.82, 2.24) is 15.4 Å². The Morgan fingerprint density at radius 2 is 2.21 bits per heavy atom. The Balaban J connectivity index is 2.51. The number of azo groups is 1. The minimum absolute atomic E-state index is 0.0876. The van der Waals surface area contributed by atoms with Crippen LogP contribution >= 0.6 is 0 Å². The molecule has 1 unspecified atom stereocenters. The van der Waals surface area contributed by atoms with Crippen LogP contribution in [0.1, 0.15) is 18.3 Å². The maximum Gasteiger partial charge on any atom is 0.372 e. The summed E-state index contributed by atoms with van der Waals surface area (Å²) in [6.45, 7) is 3.64. The van der Waals surface area contributed by atoms with Crippen LogP contribution in [0.15, 0.2) is 16.6 Å². The quantitative estimate of drug-likeness (QED) is 0.589. The van der Waals surface area contributed by atoms with Gasteiger partial charge in [0.1, 0.15) is 17.7 Å². The van der Waals surface area contributed by atoms with Gasteiger partial charge in [0.15, 0.2) is 0 Å². The summed E-state index contributed by atoms with van der Waals surface area (Å²) < 4.78 is 0. The Bertz CT molecular complexity index is 573. The van der Waals surface area contributed by atoms with Gasteiger partial charge in [0.25, 0.3) is 0 Å². The molecule has 2 N–H and O–H groups in total. The number of hydroxylamine groups is 1. The average molecular weight is 265 g/mol. The molecule has 19 heavy (non-hydrogen) atoms. The minimum atomic E-state index is -2.27. The molecule has 0 radical (unpaired) electrons. The molecule has 0 bridgehead atoms. The SMILES string of the molecule is CCNOC(=O)C1(C(=O)O)N=Nc2c(C)ncnc21. The zero-order valence-electron chi connectivity index (χ0n) is 10.2. The third kappa shape index (κ3) is 1.83. The summed E-state index contributed by atoms with van der Waals surface area (Å²) in [5.74, 6) is -2.60. The molecule has 0 aromatic carbocycles. The van der Waals surface area contributed by atoms with E-state index in [4.69, 9.17) is 0 Å². The number of aryl methyl sites for hydroxylation is 1. The lowest BCUT2D eigenvalue weighted by Gasteiger charge is -2.17. The van der Waals surface area contributed by atoms with Crippen molar-refractivity contribution in [2.75, 3.05) is 6.54 Å². The van der Waals surface area contributed by atoms with E-state index in [0.29, 0.717) is 12.2 Å². The third-order valence-corrected chi connectivity index (χ3v) is 2.56. The second-order valence-electron chi connectivity index (χ2n) is 3.76. The van der Waals surface area contributed by atoms with Gasteiger partial charge in [0.05, 0.1) is 5.69 Å². The van der Waals surface area contributed by atoms with Gasteiger partial charge in [-0.3, -0.25) is 0 Å².